The van der Waals surface area contributed by atoms with Crippen molar-refractivity contribution >= 4 is 27.3 Å². The van der Waals surface area contributed by atoms with E-state index in [9.17, 15) is 8.78 Å². The lowest BCUT2D eigenvalue weighted by Crippen LogP contribution is -2.18. The molecule has 0 aliphatic heterocycles. The Hall–Kier alpha value is -0.780. The molecule has 1 aromatic carbocycles. The molecular formula is C13H12BrF2NS. The van der Waals surface area contributed by atoms with E-state index in [0.717, 1.165) is 15.4 Å². The summed E-state index contributed by atoms with van der Waals surface area (Å²) in [6.45, 7) is 2.51. The molecule has 2 rings (SSSR count). The number of benzene rings is 1. The maximum Gasteiger partial charge on any atom is 0.130 e. The van der Waals surface area contributed by atoms with Crippen molar-refractivity contribution in [1.29, 1.82) is 0 Å². The Morgan fingerprint density at radius 2 is 2.11 bits per heavy atom. The zero-order valence-electron chi connectivity index (χ0n) is 9.71. The fourth-order valence-electron chi connectivity index (χ4n) is 1.67. The topological polar surface area (TPSA) is 12.0 Å². The quantitative estimate of drug-likeness (QED) is 0.860. The first kappa shape index (κ1) is 13.6. The molecule has 0 aliphatic carbocycles. The monoisotopic (exact) mass is 331 g/mol. The number of hydrogen-bond acceptors (Lipinski definition) is 2. The minimum Gasteiger partial charge on any atom is -0.306 e. The molecule has 0 spiro atoms. The van der Waals surface area contributed by atoms with Gasteiger partial charge >= 0.3 is 0 Å². The maximum absolute atomic E-state index is 13.5. The first-order valence-corrected chi connectivity index (χ1v) is 7.15. The first-order valence-electron chi connectivity index (χ1n) is 5.47. The molecule has 1 aromatic heterocycles. The second kappa shape index (κ2) is 5.91. The number of hydrogen-bond donors (Lipinski definition) is 1. The van der Waals surface area contributed by atoms with E-state index in [2.05, 4.69) is 21.2 Å². The van der Waals surface area contributed by atoms with Crippen LogP contribution in [0.3, 0.4) is 0 Å². The van der Waals surface area contributed by atoms with E-state index in [1.54, 1.807) is 11.3 Å². The van der Waals surface area contributed by atoms with Crippen molar-refractivity contribution < 1.29 is 8.78 Å². The second-order valence-corrected chi connectivity index (χ2v) is 6.32. The molecule has 1 heterocycles. The van der Waals surface area contributed by atoms with Crippen LogP contribution in [0.5, 0.6) is 0 Å². The van der Waals surface area contributed by atoms with Crippen LogP contribution >= 0.6 is 27.3 Å². The Bertz CT molecular complexity index is 542. The minimum atomic E-state index is -0.551. The van der Waals surface area contributed by atoms with E-state index >= 15 is 0 Å². The zero-order chi connectivity index (χ0) is 13.1. The Morgan fingerprint density at radius 3 is 2.72 bits per heavy atom. The van der Waals surface area contributed by atoms with Crippen LogP contribution in [0.15, 0.2) is 33.4 Å². The summed E-state index contributed by atoms with van der Waals surface area (Å²) >= 11 is 5.00. The van der Waals surface area contributed by atoms with E-state index in [1.807, 2.05) is 18.4 Å². The van der Waals surface area contributed by atoms with Crippen molar-refractivity contribution in [3.63, 3.8) is 0 Å². The van der Waals surface area contributed by atoms with Gasteiger partial charge in [-0.2, -0.15) is 0 Å². The molecular weight excluding hydrogens is 320 g/mol. The molecule has 0 aliphatic rings. The molecule has 1 atom stereocenters. The molecule has 18 heavy (non-hydrogen) atoms. The Balaban J connectivity index is 2.01. The molecule has 5 heteroatoms. The standard InChI is InChI=1S/C13H12BrF2NS/c1-8(11-3-2-10(15)5-12(11)16)17-6-9-4-13(14)18-7-9/h2-5,7-8,17H,6H2,1H3. The van der Waals surface area contributed by atoms with Crippen LogP contribution in [-0.2, 0) is 6.54 Å². The molecule has 2 aromatic rings. The van der Waals surface area contributed by atoms with Gasteiger partial charge in [0, 0.05) is 24.2 Å². The molecule has 0 saturated carbocycles. The van der Waals surface area contributed by atoms with E-state index in [-0.39, 0.29) is 6.04 Å². The predicted octanol–water partition coefficient (Wildman–Crippen LogP) is 4.64. The summed E-state index contributed by atoms with van der Waals surface area (Å²) < 4.78 is 27.4. The molecule has 0 radical (unpaired) electrons. The summed E-state index contributed by atoms with van der Waals surface area (Å²) in [6, 6.07) is 5.52. The van der Waals surface area contributed by atoms with Crippen molar-refractivity contribution in [2.75, 3.05) is 0 Å². The van der Waals surface area contributed by atoms with Crippen LogP contribution < -0.4 is 5.32 Å². The van der Waals surface area contributed by atoms with Gasteiger partial charge < -0.3 is 5.32 Å². The third kappa shape index (κ3) is 3.37. The third-order valence-electron chi connectivity index (χ3n) is 2.66. The molecule has 96 valence electrons. The summed E-state index contributed by atoms with van der Waals surface area (Å²) in [5, 5.41) is 5.24. The Labute approximate surface area is 117 Å². The van der Waals surface area contributed by atoms with Gasteiger partial charge in [-0.15, -0.1) is 11.3 Å². The van der Waals surface area contributed by atoms with Crippen LogP contribution in [0.4, 0.5) is 8.78 Å². The van der Waals surface area contributed by atoms with Crippen molar-refractivity contribution in [1.82, 2.24) is 5.32 Å². The fourth-order valence-corrected chi connectivity index (χ4v) is 2.88. The number of thiophene rings is 1. The van der Waals surface area contributed by atoms with Crippen molar-refractivity contribution in [2.24, 2.45) is 0 Å². The van der Waals surface area contributed by atoms with Gasteiger partial charge in [-0.1, -0.05) is 6.07 Å². The van der Waals surface area contributed by atoms with Crippen LogP contribution in [0.1, 0.15) is 24.1 Å². The summed E-state index contributed by atoms with van der Waals surface area (Å²) in [4.78, 5) is 0. The summed E-state index contributed by atoms with van der Waals surface area (Å²) in [5.41, 5.74) is 1.62. The fraction of sp³-hybridized carbons (Fsp3) is 0.231. The second-order valence-electron chi connectivity index (χ2n) is 4.03. The Morgan fingerprint density at radius 1 is 1.33 bits per heavy atom. The average molecular weight is 332 g/mol. The molecule has 1 N–H and O–H groups in total. The van der Waals surface area contributed by atoms with Gasteiger partial charge in [0.1, 0.15) is 11.6 Å². The van der Waals surface area contributed by atoms with Crippen LogP contribution in [-0.4, -0.2) is 0 Å². The zero-order valence-corrected chi connectivity index (χ0v) is 12.1. The highest BCUT2D eigenvalue weighted by molar-refractivity contribution is 9.11. The smallest absolute Gasteiger partial charge is 0.130 e. The predicted molar refractivity (Wildman–Crippen MR) is 73.6 cm³/mol. The number of halogens is 3. The minimum absolute atomic E-state index is 0.163. The van der Waals surface area contributed by atoms with Gasteiger partial charge in [-0.25, -0.2) is 8.78 Å². The average Bonchev–Trinajstić information content (AvgIpc) is 2.72. The van der Waals surface area contributed by atoms with Gasteiger partial charge in [-0.05, 0) is 45.9 Å². The first-order chi connectivity index (χ1) is 8.56. The molecule has 1 nitrogen and oxygen atoms in total. The van der Waals surface area contributed by atoms with Crippen LogP contribution in [0, 0.1) is 11.6 Å². The van der Waals surface area contributed by atoms with Crippen molar-refractivity contribution in [3.8, 4) is 0 Å². The van der Waals surface area contributed by atoms with Gasteiger partial charge in [0.2, 0.25) is 0 Å². The molecule has 0 saturated heterocycles. The number of rotatable bonds is 4. The van der Waals surface area contributed by atoms with Gasteiger partial charge in [0.25, 0.3) is 0 Å². The maximum atomic E-state index is 13.5. The summed E-state index contributed by atoms with van der Waals surface area (Å²) in [5.74, 6) is -1.06. The normalized spacial score (nSPS) is 12.7. The Kier molecular flexibility index (Phi) is 4.48. The highest BCUT2D eigenvalue weighted by Gasteiger charge is 2.11. The lowest BCUT2D eigenvalue weighted by Gasteiger charge is -2.14. The molecule has 0 amide bonds. The molecule has 0 bridgehead atoms. The van der Waals surface area contributed by atoms with E-state index in [0.29, 0.717) is 12.1 Å². The highest BCUT2D eigenvalue weighted by atomic mass is 79.9. The SMILES string of the molecule is CC(NCc1csc(Br)c1)c1ccc(F)cc1F. The van der Waals surface area contributed by atoms with Gasteiger partial charge in [-0.3, -0.25) is 0 Å². The third-order valence-corrected chi connectivity index (χ3v) is 4.22. The lowest BCUT2D eigenvalue weighted by atomic mass is 10.1. The van der Waals surface area contributed by atoms with Gasteiger partial charge in [0.05, 0.1) is 3.79 Å². The van der Waals surface area contributed by atoms with Gasteiger partial charge in [0.15, 0.2) is 0 Å². The molecule has 0 fully saturated rings. The number of nitrogens with one attached hydrogen (secondary N) is 1. The highest BCUT2D eigenvalue weighted by Crippen LogP contribution is 2.22. The van der Waals surface area contributed by atoms with E-state index < -0.39 is 11.6 Å². The molecule has 1 unspecified atom stereocenters. The summed E-state index contributed by atoms with van der Waals surface area (Å²) in [7, 11) is 0. The van der Waals surface area contributed by atoms with Crippen LogP contribution in [0.25, 0.3) is 0 Å². The van der Waals surface area contributed by atoms with E-state index in [4.69, 9.17) is 0 Å². The lowest BCUT2D eigenvalue weighted by molar-refractivity contribution is 0.518. The summed E-state index contributed by atoms with van der Waals surface area (Å²) in [6.07, 6.45) is 0. The largest absolute Gasteiger partial charge is 0.306 e. The van der Waals surface area contributed by atoms with E-state index in [1.165, 1.54) is 12.1 Å². The van der Waals surface area contributed by atoms with Crippen molar-refractivity contribution in [2.45, 2.75) is 19.5 Å². The van der Waals surface area contributed by atoms with Crippen LogP contribution in [0.2, 0.25) is 0 Å². The van der Waals surface area contributed by atoms with Crippen molar-refractivity contribution in [3.05, 3.63) is 56.2 Å².